The van der Waals surface area contributed by atoms with Crippen LogP contribution in [0.15, 0.2) is 18.2 Å². The van der Waals surface area contributed by atoms with Crippen LogP contribution in [0.25, 0.3) is 0 Å². The van der Waals surface area contributed by atoms with E-state index < -0.39 is 12.8 Å². The van der Waals surface area contributed by atoms with Crippen LogP contribution < -0.4 is 20.3 Å². The number of hydrogen-bond donors (Lipinski definition) is 2. The first-order chi connectivity index (χ1) is 9.89. The zero-order valence-corrected chi connectivity index (χ0v) is 11.8. The fraction of sp³-hybridized carbons (Fsp3) is 0.417. The van der Waals surface area contributed by atoms with Crippen LogP contribution in [0.2, 0.25) is 0 Å². The van der Waals surface area contributed by atoms with Crippen molar-refractivity contribution in [2.24, 2.45) is 0 Å². The standard InChI is InChI=1S/C12H13F3N2O3S/c1-19-10-4-7(8-5-21-11(18)17-16-8)2-3-9(10)20-6-12(13,14)15/h2-4,8,16H,5-6H2,1H3,(H,17,18). The molecule has 2 N–H and O–H groups in total. The molecule has 5 nitrogen and oxygen atoms in total. The second kappa shape index (κ2) is 6.44. The zero-order chi connectivity index (χ0) is 15.5. The van der Waals surface area contributed by atoms with Crippen molar-refractivity contribution in [2.45, 2.75) is 12.2 Å². The summed E-state index contributed by atoms with van der Waals surface area (Å²) < 4.78 is 46.3. The molecule has 1 amide bonds. The van der Waals surface area contributed by atoms with Crippen molar-refractivity contribution < 1.29 is 27.4 Å². The lowest BCUT2D eigenvalue weighted by Crippen LogP contribution is -2.43. The van der Waals surface area contributed by atoms with E-state index in [0.717, 1.165) is 17.3 Å². The molecule has 1 aliphatic heterocycles. The van der Waals surface area contributed by atoms with Crippen LogP contribution in [-0.2, 0) is 0 Å². The van der Waals surface area contributed by atoms with Gasteiger partial charge >= 0.3 is 6.18 Å². The van der Waals surface area contributed by atoms with Crippen molar-refractivity contribution in [3.8, 4) is 11.5 Å². The van der Waals surface area contributed by atoms with Gasteiger partial charge in [0.25, 0.3) is 5.24 Å². The Morgan fingerprint density at radius 3 is 2.71 bits per heavy atom. The minimum Gasteiger partial charge on any atom is -0.493 e. The third-order valence-electron chi connectivity index (χ3n) is 2.71. The monoisotopic (exact) mass is 322 g/mol. The molecule has 0 aromatic heterocycles. The Bertz CT molecular complexity index is 515. The van der Waals surface area contributed by atoms with E-state index in [9.17, 15) is 18.0 Å². The summed E-state index contributed by atoms with van der Waals surface area (Å²) in [7, 11) is 1.35. The largest absolute Gasteiger partial charge is 0.493 e. The molecule has 0 radical (unpaired) electrons. The lowest BCUT2D eigenvalue weighted by Gasteiger charge is -2.24. The molecule has 1 aromatic rings. The maximum Gasteiger partial charge on any atom is 0.422 e. The molecule has 116 valence electrons. The second-order valence-electron chi connectivity index (χ2n) is 4.23. The first-order valence-corrected chi connectivity index (χ1v) is 6.93. The first-order valence-electron chi connectivity index (χ1n) is 5.95. The van der Waals surface area contributed by atoms with E-state index >= 15 is 0 Å². The second-order valence-corrected chi connectivity index (χ2v) is 5.23. The number of halogens is 3. The van der Waals surface area contributed by atoms with Gasteiger partial charge < -0.3 is 9.47 Å². The molecule has 1 fully saturated rings. The van der Waals surface area contributed by atoms with Crippen LogP contribution >= 0.6 is 11.8 Å². The summed E-state index contributed by atoms with van der Waals surface area (Å²) in [5.74, 6) is 0.740. The molecule has 9 heteroatoms. The summed E-state index contributed by atoms with van der Waals surface area (Å²) in [4.78, 5) is 11.0. The third-order valence-corrected chi connectivity index (χ3v) is 3.58. The maximum absolute atomic E-state index is 12.2. The average molecular weight is 322 g/mol. The SMILES string of the molecule is COc1cc(C2CSC(=O)NN2)ccc1OCC(F)(F)F. The number of alkyl halides is 3. The number of amides is 1. The number of carbonyl (C=O) groups excluding carboxylic acids is 1. The lowest BCUT2D eigenvalue weighted by molar-refractivity contribution is -0.153. The molecule has 0 aliphatic carbocycles. The minimum absolute atomic E-state index is 0.0195. The van der Waals surface area contributed by atoms with Crippen LogP contribution in [0.3, 0.4) is 0 Å². The number of methoxy groups -OCH3 is 1. The van der Waals surface area contributed by atoms with Gasteiger partial charge in [-0.1, -0.05) is 17.8 Å². The number of benzene rings is 1. The van der Waals surface area contributed by atoms with Crippen molar-refractivity contribution in [1.82, 2.24) is 10.9 Å². The number of hydrazine groups is 1. The fourth-order valence-corrected chi connectivity index (χ4v) is 2.47. The molecule has 0 saturated carbocycles. The fourth-order valence-electron chi connectivity index (χ4n) is 1.74. The van der Waals surface area contributed by atoms with Gasteiger partial charge in [-0.05, 0) is 17.7 Å². The Morgan fingerprint density at radius 1 is 1.38 bits per heavy atom. The topological polar surface area (TPSA) is 59.6 Å². The van der Waals surface area contributed by atoms with Crippen LogP contribution in [-0.4, -0.2) is 30.9 Å². The number of rotatable bonds is 4. The molecular formula is C12H13F3N2O3S. The van der Waals surface area contributed by atoms with Gasteiger partial charge in [-0.3, -0.25) is 10.2 Å². The van der Waals surface area contributed by atoms with E-state index in [1.807, 2.05) is 0 Å². The van der Waals surface area contributed by atoms with E-state index in [1.165, 1.54) is 13.2 Å². The van der Waals surface area contributed by atoms with Gasteiger partial charge in [0.05, 0.1) is 13.2 Å². The summed E-state index contributed by atoms with van der Waals surface area (Å²) in [5, 5.41) is -0.177. The van der Waals surface area contributed by atoms with Crippen LogP contribution in [0.5, 0.6) is 11.5 Å². The Balaban J connectivity index is 2.10. The molecular weight excluding hydrogens is 309 g/mol. The third kappa shape index (κ3) is 4.43. The summed E-state index contributed by atoms with van der Waals surface area (Å²) in [6.45, 7) is -1.38. The lowest BCUT2D eigenvalue weighted by atomic mass is 10.1. The van der Waals surface area contributed by atoms with Gasteiger partial charge in [-0.25, -0.2) is 5.43 Å². The molecule has 1 aromatic carbocycles. The van der Waals surface area contributed by atoms with Crippen molar-refractivity contribution >= 4 is 17.0 Å². The van der Waals surface area contributed by atoms with E-state index in [-0.39, 0.29) is 22.8 Å². The van der Waals surface area contributed by atoms with Gasteiger partial charge in [-0.2, -0.15) is 13.2 Å². The summed E-state index contributed by atoms with van der Waals surface area (Å²) in [5.41, 5.74) is 6.07. The molecule has 0 bridgehead atoms. The Kier molecular flexibility index (Phi) is 4.84. The van der Waals surface area contributed by atoms with Gasteiger partial charge in [0.15, 0.2) is 18.1 Å². The highest BCUT2D eigenvalue weighted by atomic mass is 32.2. The van der Waals surface area contributed by atoms with Crippen molar-refractivity contribution in [2.75, 3.05) is 19.5 Å². The number of nitrogens with one attached hydrogen (secondary N) is 2. The summed E-state index contributed by atoms with van der Waals surface area (Å²) >= 11 is 1.12. The molecule has 2 rings (SSSR count). The Labute approximate surface area is 123 Å². The smallest absolute Gasteiger partial charge is 0.422 e. The first kappa shape index (κ1) is 15.8. The summed E-state index contributed by atoms with van der Waals surface area (Å²) in [6.07, 6.45) is -4.41. The summed E-state index contributed by atoms with van der Waals surface area (Å²) in [6, 6.07) is 4.48. The van der Waals surface area contributed by atoms with Gasteiger partial charge in [0.2, 0.25) is 0 Å². The van der Waals surface area contributed by atoms with Crippen molar-refractivity contribution in [1.29, 1.82) is 0 Å². The molecule has 1 atom stereocenters. The molecule has 1 saturated heterocycles. The highest BCUT2D eigenvalue weighted by Crippen LogP contribution is 2.33. The number of hydrogen-bond acceptors (Lipinski definition) is 5. The van der Waals surface area contributed by atoms with E-state index in [0.29, 0.717) is 5.75 Å². The number of thioether (sulfide) groups is 1. The quantitative estimate of drug-likeness (QED) is 0.892. The van der Waals surface area contributed by atoms with Crippen LogP contribution in [0.1, 0.15) is 11.6 Å². The molecule has 0 spiro atoms. The zero-order valence-electron chi connectivity index (χ0n) is 11.0. The Morgan fingerprint density at radius 2 is 2.14 bits per heavy atom. The predicted octanol–water partition coefficient (Wildman–Crippen LogP) is 2.64. The van der Waals surface area contributed by atoms with Gasteiger partial charge in [-0.15, -0.1) is 0 Å². The highest BCUT2D eigenvalue weighted by molar-refractivity contribution is 8.13. The van der Waals surface area contributed by atoms with Gasteiger partial charge in [0, 0.05) is 5.75 Å². The molecule has 1 unspecified atom stereocenters. The molecule has 1 heterocycles. The van der Waals surface area contributed by atoms with Crippen molar-refractivity contribution in [3.63, 3.8) is 0 Å². The normalized spacial score (nSPS) is 19.0. The van der Waals surface area contributed by atoms with E-state index in [4.69, 9.17) is 9.47 Å². The molecule has 1 aliphatic rings. The van der Waals surface area contributed by atoms with Gasteiger partial charge in [0.1, 0.15) is 0 Å². The highest BCUT2D eigenvalue weighted by Gasteiger charge is 2.29. The maximum atomic E-state index is 12.2. The molecule has 21 heavy (non-hydrogen) atoms. The van der Waals surface area contributed by atoms with Crippen LogP contribution in [0.4, 0.5) is 18.0 Å². The van der Waals surface area contributed by atoms with Crippen molar-refractivity contribution in [3.05, 3.63) is 23.8 Å². The van der Waals surface area contributed by atoms with Crippen LogP contribution in [0, 0.1) is 0 Å². The van der Waals surface area contributed by atoms with E-state index in [2.05, 4.69) is 10.9 Å². The average Bonchev–Trinajstić information content (AvgIpc) is 2.45. The number of carbonyl (C=O) groups is 1. The Hall–Kier alpha value is -1.61. The number of ether oxygens (including phenoxy) is 2. The predicted molar refractivity (Wildman–Crippen MR) is 71.4 cm³/mol. The minimum atomic E-state index is -4.41. The van der Waals surface area contributed by atoms with E-state index in [1.54, 1.807) is 12.1 Å².